The third-order valence-corrected chi connectivity index (χ3v) is 5.42. The molecule has 1 aliphatic carbocycles. The molecule has 0 fully saturated rings. The SMILES string of the molecule is CC1=[C-]C(C)C(C)=C1C.C[Si](C)=[Zr+2].FC(F)(F)c1cccc(-c2c[cH-]c3ccccc23)c1.[Cl-].[Cl-]. The Morgan fingerprint density at radius 1 is 0.971 bits per heavy atom. The van der Waals surface area contributed by atoms with Crippen molar-refractivity contribution in [1.29, 1.82) is 0 Å². The fourth-order valence-electron chi connectivity index (χ4n) is 3.43. The normalized spacial score (nSPS) is 14.7. The summed E-state index contributed by atoms with van der Waals surface area (Å²) in [4.78, 5) is 0. The minimum atomic E-state index is -4.31. The molecular weight excluding hydrogens is 572 g/mol. The van der Waals surface area contributed by atoms with Gasteiger partial charge in [0.25, 0.3) is 0 Å². The van der Waals surface area contributed by atoms with Gasteiger partial charge in [0, 0.05) is 0 Å². The van der Waals surface area contributed by atoms with E-state index < -0.39 is 11.7 Å². The van der Waals surface area contributed by atoms with Crippen molar-refractivity contribution in [3.63, 3.8) is 0 Å². The van der Waals surface area contributed by atoms with Gasteiger partial charge in [-0.2, -0.15) is 24.3 Å². The molecule has 0 aromatic heterocycles. The fourth-order valence-corrected chi connectivity index (χ4v) is 3.43. The van der Waals surface area contributed by atoms with E-state index in [1.54, 1.807) is 29.4 Å². The minimum absolute atomic E-state index is 0. The number of hydrogen-bond acceptors (Lipinski definition) is 0. The molecular formula is C27H29Cl2F3SiZr-2. The average Bonchev–Trinajstić information content (AvgIpc) is 3.24. The summed E-state index contributed by atoms with van der Waals surface area (Å²) >= 11 is 1.74. The van der Waals surface area contributed by atoms with E-state index in [0.717, 1.165) is 22.4 Å². The van der Waals surface area contributed by atoms with Crippen molar-refractivity contribution >= 4 is 16.2 Å². The number of alkyl halides is 3. The maximum atomic E-state index is 12.7. The second-order valence-electron chi connectivity index (χ2n) is 8.21. The summed E-state index contributed by atoms with van der Waals surface area (Å²) in [6.45, 7) is 13.3. The second kappa shape index (κ2) is 14.5. The summed E-state index contributed by atoms with van der Waals surface area (Å²) in [6, 6.07) is 16.9. The van der Waals surface area contributed by atoms with Gasteiger partial charge in [0.2, 0.25) is 0 Å². The first-order chi connectivity index (χ1) is 14.9. The number of allylic oxidation sites excluding steroid dienone is 4. The minimum Gasteiger partial charge on any atom is -1.00 e. The number of hydrogen-bond donors (Lipinski definition) is 0. The number of rotatable bonds is 1. The summed E-state index contributed by atoms with van der Waals surface area (Å²) in [7, 11) is 0. The van der Waals surface area contributed by atoms with Crippen LogP contribution in [0.5, 0.6) is 0 Å². The average molecular weight is 601 g/mol. The molecule has 4 rings (SSSR count). The molecule has 0 spiro atoms. The molecule has 1 atom stereocenters. The van der Waals surface area contributed by atoms with Crippen LogP contribution in [0.3, 0.4) is 0 Å². The van der Waals surface area contributed by atoms with Crippen molar-refractivity contribution in [3.05, 3.63) is 89.0 Å². The van der Waals surface area contributed by atoms with Crippen LogP contribution in [0.25, 0.3) is 21.9 Å². The molecule has 0 saturated heterocycles. The zero-order valence-corrected chi connectivity index (χ0v) is 25.2. The smallest absolute Gasteiger partial charge is 0.416 e. The van der Waals surface area contributed by atoms with E-state index in [1.807, 2.05) is 36.4 Å². The predicted octanol–water partition coefficient (Wildman–Crippen LogP) is 2.76. The van der Waals surface area contributed by atoms with Gasteiger partial charge in [-0.1, -0.05) is 62.6 Å². The molecule has 3 aromatic rings. The van der Waals surface area contributed by atoms with Crippen LogP contribution in [0.1, 0.15) is 33.3 Å². The van der Waals surface area contributed by atoms with Gasteiger partial charge in [-0.15, -0.1) is 53.6 Å². The molecule has 1 aliphatic rings. The van der Waals surface area contributed by atoms with Crippen molar-refractivity contribution in [2.24, 2.45) is 5.92 Å². The predicted molar refractivity (Wildman–Crippen MR) is 127 cm³/mol. The maximum Gasteiger partial charge on any atom is 0.416 e. The van der Waals surface area contributed by atoms with E-state index in [-0.39, 0.29) is 30.2 Å². The van der Waals surface area contributed by atoms with Crippen molar-refractivity contribution in [3.8, 4) is 11.1 Å². The molecule has 182 valence electrons. The maximum absolute atomic E-state index is 12.7. The topological polar surface area (TPSA) is 0 Å². The van der Waals surface area contributed by atoms with E-state index in [2.05, 4.69) is 46.9 Å². The molecule has 0 aliphatic heterocycles. The van der Waals surface area contributed by atoms with Crippen LogP contribution < -0.4 is 24.8 Å². The zero-order valence-electron chi connectivity index (χ0n) is 20.2. The summed E-state index contributed by atoms with van der Waals surface area (Å²) in [5, 5.41) is 2.01. The Morgan fingerprint density at radius 2 is 1.56 bits per heavy atom. The quantitative estimate of drug-likeness (QED) is 0.298. The van der Waals surface area contributed by atoms with Gasteiger partial charge < -0.3 is 24.8 Å². The van der Waals surface area contributed by atoms with E-state index >= 15 is 0 Å². The van der Waals surface area contributed by atoms with Crippen molar-refractivity contribution in [2.45, 2.75) is 47.0 Å². The summed E-state index contributed by atoms with van der Waals surface area (Å²) in [6.07, 6.45) is -0.948. The van der Waals surface area contributed by atoms with Crippen LogP contribution in [-0.2, 0) is 29.5 Å². The Labute approximate surface area is 229 Å². The fraction of sp³-hybridized carbons (Fsp3) is 0.296. The number of halogens is 5. The Hall–Kier alpha value is -1.00. The van der Waals surface area contributed by atoms with Gasteiger partial charge in [0.1, 0.15) is 0 Å². The molecule has 7 heteroatoms. The molecule has 0 radical (unpaired) electrons. The Bertz CT molecular complexity index is 1160. The van der Waals surface area contributed by atoms with E-state index in [4.69, 9.17) is 0 Å². The van der Waals surface area contributed by atoms with Crippen molar-refractivity contribution < 1.29 is 61.3 Å². The van der Waals surface area contributed by atoms with Crippen LogP contribution in [0.4, 0.5) is 13.2 Å². The van der Waals surface area contributed by atoms with Gasteiger partial charge >= 0.3 is 48.0 Å². The van der Waals surface area contributed by atoms with E-state index in [1.165, 1.54) is 28.9 Å². The molecule has 0 N–H and O–H groups in total. The third-order valence-electron chi connectivity index (χ3n) is 5.42. The van der Waals surface area contributed by atoms with Crippen LogP contribution in [0.2, 0.25) is 13.1 Å². The molecule has 0 nitrogen and oxygen atoms in total. The van der Waals surface area contributed by atoms with E-state index in [0.29, 0.717) is 11.5 Å². The molecule has 0 bridgehead atoms. The van der Waals surface area contributed by atoms with Crippen LogP contribution in [0.15, 0.2) is 77.4 Å². The first-order valence-corrected chi connectivity index (χ1v) is 16.7. The largest absolute Gasteiger partial charge is 1.00 e. The van der Waals surface area contributed by atoms with E-state index in [9.17, 15) is 13.2 Å². The monoisotopic (exact) mass is 598 g/mol. The first-order valence-electron chi connectivity index (χ1n) is 10.5. The third kappa shape index (κ3) is 9.22. The number of fused-ring (bicyclic) bond motifs is 1. The van der Waals surface area contributed by atoms with Crippen LogP contribution in [-0.4, -0.2) is 5.43 Å². The Balaban J connectivity index is 0.000000614. The number of benzene rings is 2. The van der Waals surface area contributed by atoms with Gasteiger partial charge in [0.05, 0.1) is 5.56 Å². The van der Waals surface area contributed by atoms with Crippen LogP contribution >= 0.6 is 0 Å². The second-order valence-corrected chi connectivity index (χ2v) is 17.6. The summed E-state index contributed by atoms with van der Waals surface area (Å²) in [5.74, 6) is 0.560. The Kier molecular flexibility index (Phi) is 14.1. The summed E-state index contributed by atoms with van der Waals surface area (Å²) < 4.78 is 38.2. The van der Waals surface area contributed by atoms with Gasteiger partial charge in [-0.3, -0.25) is 6.08 Å². The zero-order chi connectivity index (χ0) is 24.1. The van der Waals surface area contributed by atoms with Crippen LogP contribution in [0, 0.1) is 12.0 Å². The van der Waals surface area contributed by atoms with Crippen molar-refractivity contribution in [1.82, 2.24) is 0 Å². The Morgan fingerprint density at radius 3 is 2.03 bits per heavy atom. The molecule has 0 saturated carbocycles. The first kappa shape index (κ1) is 33.0. The van der Waals surface area contributed by atoms with Crippen molar-refractivity contribution in [2.75, 3.05) is 0 Å². The molecule has 0 amide bonds. The standard InChI is InChI=1S/C16H10F3.C9H13.C2H6Si.2ClH.Zr/c17-16(18,19)13-6-3-5-12(10-13)15-9-8-11-4-1-2-7-14(11)15;1-6-5-7(2)9(4)8(6)3;1-3-2;;;/h1-10H;6H,1-4H3;1-2H3;2*1H;/q2*-1;;;;+2/p-2. The van der Waals surface area contributed by atoms with Gasteiger partial charge in [-0.25, -0.2) is 5.57 Å². The molecule has 1 unspecified atom stereocenters. The van der Waals surface area contributed by atoms with Gasteiger partial charge in [0.15, 0.2) is 0 Å². The molecule has 3 aromatic carbocycles. The molecule has 34 heavy (non-hydrogen) atoms. The molecule has 0 heterocycles. The summed E-state index contributed by atoms with van der Waals surface area (Å²) in [5.41, 5.74) is 5.27. The van der Waals surface area contributed by atoms with Gasteiger partial charge in [-0.05, 0) is 0 Å².